The zero-order chi connectivity index (χ0) is 21.1. The maximum atomic E-state index is 12.5. The zero-order valence-corrected chi connectivity index (χ0v) is 17.2. The van der Waals surface area contributed by atoms with Crippen LogP contribution in [0.4, 0.5) is 5.82 Å². The van der Waals surface area contributed by atoms with Crippen LogP contribution < -0.4 is 10.6 Å². The van der Waals surface area contributed by atoms with E-state index in [-0.39, 0.29) is 11.8 Å². The normalized spacial score (nSPS) is 12.4. The van der Waals surface area contributed by atoms with E-state index in [1.165, 1.54) is 0 Å². The number of anilines is 1. The van der Waals surface area contributed by atoms with E-state index in [4.69, 9.17) is 0 Å². The first-order valence-electron chi connectivity index (χ1n) is 10.1. The van der Waals surface area contributed by atoms with E-state index in [1.54, 1.807) is 12.1 Å². The van der Waals surface area contributed by atoms with Crippen molar-refractivity contribution < 1.29 is 9.59 Å². The van der Waals surface area contributed by atoms with E-state index >= 15 is 0 Å². The molecule has 3 N–H and O–H groups in total. The van der Waals surface area contributed by atoms with Crippen LogP contribution in [0.5, 0.6) is 0 Å². The van der Waals surface area contributed by atoms with Gasteiger partial charge in [0.15, 0.2) is 5.82 Å². The van der Waals surface area contributed by atoms with Gasteiger partial charge in [-0.1, -0.05) is 18.2 Å². The Labute approximate surface area is 175 Å². The first-order chi connectivity index (χ1) is 14.5. The van der Waals surface area contributed by atoms with Crippen molar-refractivity contribution in [2.45, 2.75) is 19.4 Å². The Morgan fingerprint density at radius 3 is 2.73 bits per heavy atom. The molecule has 4 rings (SSSR count). The van der Waals surface area contributed by atoms with Crippen LogP contribution in [0, 0.1) is 0 Å². The molecule has 0 fully saturated rings. The standard InChI is InChI=1S/C22H26N6O2/c1-27(2)11-6-10-23-21(29)16-13-18-19-17(9-12-28(18)14-16)20(26-25-19)24-22(30)15-7-4-3-5-8-15/h3-5,7-8,13-14H,6,9-12H2,1-2H3,(H,23,29)(H2,24,25,26,30). The van der Waals surface area contributed by atoms with Crippen LogP contribution in [0.3, 0.4) is 0 Å². The summed E-state index contributed by atoms with van der Waals surface area (Å²) in [4.78, 5) is 27.1. The molecule has 0 bridgehead atoms. The van der Waals surface area contributed by atoms with Gasteiger partial charge >= 0.3 is 0 Å². The Morgan fingerprint density at radius 2 is 1.97 bits per heavy atom. The van der Waals surface area contributed by atoms with E-state index in [9.17, 15) is 9.59 Å². The number of benzene rings is 1. The second kappa shape index (κ2) is 8.54. The van der Waals surface area contributed by atoms with Crippen molar-refractivity contribution in [3.63, 3.8) is 0 Å². The van der Waals surface area contributed by atoms with Crippen LogP contribution in [-0.2, 0) is 13.0 Å². The van der Waals surface area contributed by atoms with E-state index in [0.717, 1.165) is 42.9 Å². The number of carbonyl (C=O) groups is 2. The Kier molecular flexibility index (Phi) is 5.67. The van der Waals surface area contributed by atoms with Crippen LogP contribution >= 0.6 is 0 Å². The summed E-state index contributed by atoms with van der Waals surface area (Å²) in [5, 5.41) is 13.2. The molecule has 0 saturated carbocycles. The van der Waals surface area contributed by atoms with Gasteiger partial charge in [-0.3, -0.25) is 14.7 Å². The molecule has 0 saturated heterocycles. The third-order valence-electron chi connectivity index (χ3n) is 5.22. The lowest BCUT2D eigenvalue weighted by Gasteiger charge is -2.16. The van der Waals surface area contributed by atoms with Gasteiger partial charge in [0.2, 0.25) is 0 Å². The molecule has 0 aliphatic carbocycles. The molecule has 1 aromatic carbocycles. The van der Waals surface area contributed by atoms with Gasteiger partial charge in [-0.25, -0.2) is 0 Å². The van der Waals surface area contributed by atoms with Crippen LogP contribution in [0.15, 0.2) is 42.6 Å². The number of hydrogen-bond donors (Lipinski definition) is 3. The molecular weight excluding hydrogens is 380 g/mol. The average Bonchev–Trinajstić information content (AvgIpc) is 3.35. The fourth-order valence-electron chi connectivity index (χ4n) is 3.65. The first kappa shape index (κ1) is 19.9. The third kappa shape index (κ3) is 4.13. The smallest absolute Gasteiger partial charge is 0.256 e. The maximum absolute atomic E-state index is 12.5. The van der Waals surface area contributed by atoms with Gasteiger partial charge in [-0.05, 0) is 51.7 Å². The predicted molar refractivity (Wildman–Crippen MR) is 116 cm³/mol. The van der Waals surface area contributed by atoms with Gasteiger partial charge in [0.05, 0.1) is 17.0 Å². The number of amides is 2. The summed E-state index contributed by atoms with van der Waals surface area (Å²) in [6, 6.07) is 10.9. The van der Waals surface area contributed by atoms with Crippen LogP contribution in [0.2, 0.25) is 0 Å². The van der Waals surface area contributed by atoms with Crippen molar-refractivity contribution in [1.29, 1.82) is 0 Å². The molecule has 2 aromatic heterocycles. The highest BCUT2D eigenvalue weighted by Crippen LogP contribution is 2.33. The fourth-order valence-corrected chi connectivity index (χ4v) is 3.65. The molecule has 156 valence electrons. The molecule has 8 heteroatoms. The lowest BCUT2D eigenvalue weighted by Crippen LogP contribution is -2.26. The largest absolute Gasteiger partial charge is 0.352 e. The predicted octanol–water partition coefficient (Wildman–Crippen LogP) is 2.37. The summed E-state index contributed by atoms with van der Waals surface area (Å²) in [7, 11) is 4.03. The topological polar surface area (TPSA) is 95.1 Å². The molecule has 3 heterocycles. The highest BCUT2D eigenvalue weighted by atomic mass is 16.2. The minimum atomic E-state index is -0.191. The molecule has 30 heavy (non-hydrogen) atoms. The second-order valence-corrected chi connectivity index (χ2v) is 7.72. The van der Waals surface area contributed by atoms with Crippen molar-refractivity contribution in [3.05, 3.63) is 59.3 Å². The number of aryl methyl sites for hydroxylation is 1. The minimum Gasteiger partial charge on any atom is -0.352 e. The SMILES string of the molecule is CN(C)CCCNC(=O)c1cc2n(c1)CCc1c(NC(=O)c3ccccc3)n[nH]c1-2. The highest BCUT2D eigenvalue weighted by Gasteiger charge is 2.25. The number of carbonyl (C=O) groups excluding carboxylic acids is 2. The lowest BCUT2D eigenvalue weighted by atomic mass is 10.1. The summed E-state index contributed by atoms with van der Waals surface area (Å²) in [5.41, 5.74) is 3.93. The number of hydrogen-bond acceptors (Lipinski definition) is 4. The average molecular weight is 406 g/mol. The Balaban J connectivity index is 1.47. The lowest BCUT2D eigenvalue weighted by molar-refractivity contribution is 0.0951. The van der Waals surface area contributed by atoms with Crippen LogP contribution in [0.1, 0.15) is 32.7 Å². The van der Waals surface area contributed by atoms with Crippen LogP contribution in [-0.4, -0.2) is 58.7 Å². The van der Waals surface area contributed by atoms with Gasteiger partial charge in [0, 0.05) is 30.4 Å². The molecule has 0 atom stereocenters. The molecule has 1 aliphatic heterocycles. The van der Waals surface area contributed by atoms with Gasteiger partial charge in [0.25, 0.3) is 11.8 Å². The van der Waals surface area contributed by atoms with Gasteiger partial charge in [-0.2, -0.15) is 5.10 Å². The molecule has 0 spiro atoms. The number of aromatic nitrogens is 3. The quantitative estimate of drug-likeness (QED) is 0.525. The van der Waals surface area contributed by atoms with Crippen molar-refractivity contribution in [2.24, 2.45) is 0 Å². The van der Waals surface area contributed by atoms with E-state index in [0.29, 0.717) is 23.5 Å². The van der Waals surface area contributed by atoms with Crippen molar-refractivity contribution >= 4 is 17.6 Å². The summed E-state index contributed by atoms with van der Waals surface area (Å²) in [6.07, 6.45) is 3.51. The molecule has 1 aliphatic rings. The van der Waals surface area contributed by atoms with E-state index < -0.39 is 0 Å². The number of nitrogens with zero attached hydrogens (tertiary/aromatic N) is 3. The summed E-state index contributed by atoms with van der Waals surface area (Å²) in [6.45, 7) is 2.30. The minimum absolute atomic E-state index is 0.0747. The first-order valence-corrected chi connectivity index (χ1v) is 10.1. The number of H-pyrrole nitrogens is 1. The molecule has 3 aromatic rings. The third-order valence-corrected chi connectivity index (χ3v) is 5.22. The van der Waals surface area contributed by atoms with Crippen LogP contribution in [0.25, 0.3) is 11.4 Å². The molecule has 2 amide bonds. The second-order valence-electron chi connectivity index (χ2n) is 7.72. The van der Waals surface area contributed by atoms with Gasteiger partial charge < -0.3 is 20.1 Å². The van der Waals surface area contributed by atoms with Gasteiger partial charge in [0.1, 0.15) is 0 Å². The number of aromatic amines is 1. The summed E-state index contributed by atoms with van der Waals surface area (Å²) in [5.74, 6) is 0.277. The van der Waals surface area contributed by atoms with Crippen molar-refractivity contribution in [1.82, 2.24) is 25.0 Å². The zero-order valence-electron chi connectivity index (χ0n) is 17.2. The molecular formula is C22H26N6O2. The summed E-state index contributed by atoms with van der Waals surface area (Å²) < 4.78 is 2.05. The van der Waals surface area contributed by atoms with Crippen molar-refractivity contribution in [3.8, 4) is 11.4 Å². The Morgan fingerprint density at radius 1 is 1.17 bits per heavy atom. The van der Waals surface area contributed by atoms with E-state index in [2.05, 4.69) is 30.3 Å². The van der Waals surface area contributed by atoms with Crippen molar-refractivity contribution in [2.75, 3.05) is 32.5 Å². The molecule has 0 unspecified atom stereocenters. The monoisotopic (exact) mass is 406 g/mol. The summed E-state index contributed by atoms with van der Waals surface area (Å²) >= 11 is 0. The number of nitrogens with one attached hydrogen (secondary N) is 3. The Bertz CT molecular complexity index is 1050. The van der Waals surface area contributed by atoms with Gasteiger partial charge in [-0.15, -0.1) is 0 Å². The molecule has 8 nitrogen and oxygen atoms in total. The maximum Gasteiger partial charge on any atom is 0.256 e. The van der Waals surface area contributed by atoms with E-state index in [1.807, 2.05) is 44.6 Å². The number of fused-ring (bicyclic) bond motifs is 3. The molecule has 0 radical (unpaired) electrons. The number of rotatable bonds is 7. The highest BCUT2D eigenvalue weighted by molar-refractivity contribution is 6.04. The fraction of sp³-hybridized carbons (Fsp3) is 0.318. The Hall–Kier alpha value is -3.39.